The van der Waals surface area contributed by atoms with Crippen molar-refractivity contribution >= 4 is 28.6 Å². The van der Waals surface area contributed by atoms with Gasteiger partial charge in [0.1, 0.15) is 11.3 Å². The van der Waals surface area contributed by atoms with E-state index in [0.29, 0.717) is 5.16 Å². The first-order valence-corrected chi connectivity index (χ1v) is 9.02. The number of nitrogens with one attached hydrogen (secondary N) is 1. The Labute approximate surface area is 150 Å². The van der Waals surface area contributed by atoms with E-state index in [1.165, 1.54) is 11.8 Å². The number of carbonyl (C=O) groups is 1. The third-order valence-corrected chi connectivity index (χ3v) is 4.58. The summed E-state index contributed by atoms with van der Waals surface area (Å²) in [6.07, 6.45) is 0. The van der Waals surface area contributed by atoms with Gasteiger partial charge in [-0.3, -0.25) is 4.79 Å². The molecule has 0 bridgehead atoms. The number of fused-ring (bicyclic) bond motifs is 1. The van der Waals surface area contributed by atoms with Gasteiger partial charge in [-0.25, -0.2) is 4.68 Å². The number of carbonyl (C=O) groups excluding carboxylic acids is 1. The molecule has 2 heterocycles. The van der Waals surface area contributed by atoms with Crippen LogP contribution in [-0.2, 0) is 10.3 Å². The Hall–Kier alpha value is -2.35. The number of tetrazole rings is 1. The molecule has 8 heteroatoms. The Morgan fingerprint density at radius 3 is 2.84 bits per heavy atom. The number of hydrogen-bond acceptors (Lipinski definition) is 6. The molecule has 1 N–H and O–H groups in total. The molecule has 3 aromatic rings. The van der Waals surface area contributed by atoms with E-state index in [4.69, 9.17) is 4.42 Å². The topological polar surface area (TPSA) is 85.8 Å². The molecule has 0 radical (unpaired) electrons. The van der Waals surface area contributed by atoms with Crippen LogP contribution in [0.2, 0.25) is 0 Å². The summed E-state index contributed by atoms with van der Waals surface area (Å²) in [6.45, 7) is 7.94. The van der Waals surface area contributed by atoms with Gasteiger partial charge in [-0.05, 0) is 50.3 Å². The predicted molar refractivity (Wildman–Crippen MR) is 96.3 cm³/mol. The highest BCUT2D eigenvalue weighted by Gasteiger charge is 2.21. The van der Waals surface area contributed by atoms with Gasteiger partial charge in [0.05, 0.1) is 17.3 Å². The third kappa shape index (κ3) is 4.01. The molecule has 0 aliphatic carbocycles. The minimum atomic E-state index is -0.232. The molecule has 0 saturated carbocycles. The summed E-state index contributed by atoms with van der Waals surface area (Å²) in [7, 11) is 0. The summed E-state index contributed by atoms with van der Waals surface area (Å²) in [5.41, 5.74) is 0.585. The average molecular weight is 359 g/mol. The van der Waals surface area contributed by atoms with Gasteiger partial charge < -0.3 is 9.73 Å². The molecule has 1 atom stereocenters. The first-order valence-electron chi connectivity index (χ1n) is 8.04. The maximum atomic E-state index is 12.2. The zero-order valence-corrected chi connectivity index (χ0v) is 15.5. The normalized spacial score (nSPS) is 13.1. The standard InChI is InChI=1S/C17H21N5O2S/c1-11(14-9-12-7-5-6-8-13(12)24-14)18-15(23)10-25-16-19-20-21-22(16)17(2,3)4/h5-9,11H,10H2,1-4H3,(H,18,23)/t11-/m0/s1. The van der Waals surface area contributed by atoms with E-state index in [1.54, 1.807) is 4.68 Å². The van der Waals surface area contributed by atoms with Gasteiger partial charge >= 0.3 is 0 Å². The highest BCUT2D eigenvalue weighted by atomic mass is 32.2. The van der Waals surface area contributed by atoms with Gasteiger partial charge in [0.2, 0.25) is 11.1 Å². The molecule has 0 aliphatic rings. The molecular weight excluding hydrogens is 338 g/mol. The van der Waals surface area contributed by atoms with Crippen molar-refractivity contribution in [3.63, 3.8) is 0 Å². The minimum Gasteiger partial charge on any atom is -0.459 e. The van der Waals surface area contributed by atoms with Crippen LogP contribution in [0.4, 0.5) is 0 Å². The first-order chi connectivity index (χ1) is 11.8. The maximum Gasteiger partial charge on any atom is 0.231 e. The highest BCUT2D eigenvalue weighted by Crippen LogP contribution is 2.24. The van der Waals surface area contributed by atoms with E-state index in [0.717, 1.165) is 16.7 Å². The van der Waals surface area contributed by atoms with Crippen LogP contribution in [-0.4, -0.2) is 31.9 Å². The Balaban J connectivity index is 1.60. The number of nitrogens with zero attached hydrogens (tertiary/aromatic N) is 4. The predicted octanol–water partition coefficient (Wildman–Crippen LogP) is 3.14. The fraction of sp³-hybridized carbons (Fsp3) is 0.412. The second-order valence-corrected chi connectivity index (χ2v) is 7.75. The maximum absolute atomic E-state index is 12.2. The fourth-order valence-electron chi connectivity index (χ4n) is 2.39. The Kier molecular flexibility index (Phi) is 4.80. The third-order valence-electron chi connectivity index (χ3n) is 3.66. The summed E-state index contributed by atoms with van der Waals surface area (Å²) in [5, 5.41) is 16.3. The highest BCUT2D eigenvalue weighted by molar-refractivity contribution is 7.99. The summed E-state index contributed by atoms with van der Waals surface area (Å²) < 4.78 is 7.50. The summed E-state index contributed by atoms with van der Waals surface area (Å²) >= 11 is 1.32. The lowest BCUT2D eigenvalue weighted by Crippen LogP contribution is -2.29. The lowest BCUT2D eigenvalue weighted by molar-refractivity contribution is -0.119. The van der Waals surface area contributed by atoms with Crippen molar-refractivity contribution < 1.29 is 9.21 Å². The number of benzene rings is 1. The number of amides is 1. The number of furan rings is 1. The SMILES string of the molecule is C[C@H](NC(=O)CSc1nnnn1C(C)(C)C)c1cc2ccccc2o1. The molecule has 0 unspecified atom stereocenters. The number of para-hydroxylation sites is 1. The molecule has 132 valence electrons. The lowest BCUT2D eigenvalue weighted by atomic mass is 10.1. The Morgan fingerprint density at radius 1 is 1.36 bits per heavy atom. The smallest absolute Gasteiger partial charge is 0.231 e. The average Bonchev–Trinajstić information content (AvgIpc) is 3.19. The van der Waals surface area contributed by atoms with Gasteiger partial charge in [0.15, 0.2) is 0 Å². The fourth-order valence-corrected chi connectivity index (χ4v) is 3.26. The second-order valence-electron chi connectivity index (χ2n) is 6.81. The lowest BCUT2D eigenvalue weighted by Gasteiger charge is -2.19. The van der Waals surface area contributed by atoms with Crippen molar-refractivity contribution in [3.05, 3.63) is 36.1 Å². The largest absolute Gasteiger partial charge is 0.459 e. The molecule has 2 aromatic heterocycles. The van der Waals surface area contributed by atoms with Crippen LogP contribution in [0.5, 0.6) is 0 Å². The molecule has 0 saturated heterocycles. The van der Waals surface area contributed by atoms with Crippen LogP contribution in [0.1, 0.15) is 39.5 Å². The number of rotatable bonds is 5. The van der Waals surface area contributed by atoms with Gasteiger partial charge in [-0.1, -0.05) is 30.0 Å². The summed E-state index contributed by atoms with van der Waals surface area (Å²) in [4.78, 5) is 12.2. The molecular formula is C17H21N5O2S. The Morgan fingerprint density at radius 2 is 2.12 bits per heavy atom. The van der Waals surface area contributed by atoms with E-state index in [1.807, 2.05) is 58.0 Å². The van der Waals surface area contributed by atoms with Crippen LogP contribution < -0.4 is 5.32 Å². The molecule has 7 nitrogen and oxygen atoms in total. The first kappa shape index (κ1) is 17.5. The van der Waals surface area contributed by atoms with Crippen molar-refractivity contribution in [1.29, 1.82) is 0 Å². The molecule has 1 aromatic carbocycles. The quantitative estimate of drug-likeness (QED) is 0.704. The summed E-state index contributed by atoms with van der Waals surface area (Å²) in [6, 6.07) is 9.52. The van der Waals surface area contributed by atoms with E-state index < -0.39 is 0 Å². The van der Waals surface area contributed by atoms with Gasteiger partial charge in [0.25, 0.3) is 0 Å². The molecule has 25 heavy (non-hydrogen) atoms. The molecule has 0 fully saturated rings. The van der Waals surface area contributed by atoms with Crippen molar-refractivity contribution in [2.24, 2.45) is 0 Å². The van der Waals surface area contributed by atoms with Crippen molar-refractivity contribution in [2.45, 2.75) is 44.4 Å². The number of hydrogen-bond donors (Lipinski definition) is 1. The van der Waals surface area contributed by atoms with Crippen LogP contribution in [0, 0.1) is 0 Å². The van der Waals surface area contributed by atoms with Gasteiger partial charge in [0, 0.05) is 5.39 Å². The summed E-state index contributed by atoms with van der Waals surface area (Å²) in [5.74, 6) is 0.876. The number of aromatic nitrogens is 4. The van der Waals surface area contributed by atoms with Crippen molar-refractivity contribution in [1.82, 2.24) is 25.5 Å². The monoisotopic (exact) mass is 359 g/mol. The number of thioether (sulfide) groups is 1. The van der Waals surface area contributed by atoms with E-state index in [9.17, 15) is 4.79 Å². The molecule has 0 spiro atoms. The van der Waals surface area contributed by atoms with E-state index in [-0.39, 0.29) is 23.2 Å². The van der Waals surface area contributed by atoms with Crippen LogP contribution in [0.25, 0.3) is 11.0 Å². The van der Waals surface area contributed by atoms with Crippen molar-refractivity contribution in [3.8, 4) is 0 Å². The second kappa shape index (κ2) is 6.87. The minimum absolute atomic E-state index is 0.0959. The zero-order chi connectivity index (χ0) is 18.0. The van der Waals surface area contributed by atoms with Crippen LogP contribution >= 0.6 is 11.8 Å². The molecule has 0 aliphatic heterocycles. The van der Waals surface area contributed by atoms with Crippen LogP contribution in [0.15, 0.2) is 39.9 Å². The zero-order valence-electron chi connectivity index (χ0n) is 14.7. The van der Waals surface area contributed by atoms with Gasteiger partial charge in [-0.2, -0.15) is 0 Å². The molecule has 1 amide bonds. The molecule has 3 rings (SSSR count). The van der Waals surface area contributed by atoms with E-state index in [2.05, 4.69) is 20.8 Å². The van der Waals surface area contributed by atoms with Crippen LogP contribution in [0.3, 0.4) is 0 Å². The Bertz CT molecular complexity index is 847. The van der Waals surface area contributed by atoms with E-state index >= 15 is 0 Å². The van der Waals surface area contributed by atoms with Gasteiger partial charge in [-0.15, -0.1) is 5.10 Å². The van der Waals surface area contributed by atoms with Crippen molar-refractivity contribution in [2.75, 3.05) is 5.75 Å².